The van der Waals surface area contributed by atoms with E-state index in [-0.39, 0.29) is 0 Å². The topological polar surface area (TPSA) is 0 Å². The van der Waals surface area contributed by atoms with Gasteiger partial charge < -0.3 is 0 Å². The molecule has 2 aliphatic rings. The zero-order chi connectivity index (χ0) is 9.10. The fourth-order valence-electron chi connectivity index (χ4n) is 2.77. The van der Waals surface area contributed by atoms with Gasteiger partial charge in [-0.05, 0) is 0 Å². The SMILES string of the molecule is CC12C=Cc3[se]ccc3C1(C)CC2. The number of fused-ring (bicyclic) bond motifs is 3. The fraction of sp³-hybridized carbons (Fsp3) is 0.500. The van der Waals surface area contributed by atoms with Crippen LogP contribution in [0.3, 0.4) is 0 Å². The van der Waals surface area contributed by atoms with Gasteiger partial charge in [-0.25, -0.2) is 0 Å². The molecule has 1 heterocycles. The Labute approximate surface area is 85.4 Å². The second-order valence-electron chi connectivity index (χ2n) is 4.78. The molecule has 2 aliphatic carbocycles. The van der Waals surface area contributed by atoms with Crippen LogP contribution in [0.5, 0.6) is 0 Å². The van der Waals surface area contributed by atoms with E-state index in [1.807, 2.05) is 0 Å². The molecule has 2 atom stereocenters. The molecule has 0 aromatic carbocycles. The molecule has 1 aromatic rings. The summed E-state index contributed by atoms with van der Waals surface area (Å²) in [7, 11) is 0. The molecule has 0 bridgehead atoms. The van der Waals surface area contributed by atoms with E-state index in [0.717, 1.165) is 0 Å². The summed E-state index contributed by atoms with van der Waals surface area (Å²) in [6, 6.07) is 2.39. The van der Waals surface area contributed by atoms with Gasteiger partial charge in [-0.15, -0.1) is 0 Å². The third kappa shape index (κ3) is 0.782. The molecule has 0 spiro atoms. The molecule has 0 radical (unpaired) electrons. The second-order valence-corrected chi connectivity index (χ2v) is 6.77. The number of allylic oxidation sites excluding steroid dienone is 1. The van der Waals surface area contributed by atoms with E-state index in [2.05, 4.69) is 37.0 Å². The Morgan fingerprint density at radius 3 is 2.85 bits per heavy atom. The van der Waals surface area contributed by atoms with Crippen molar-refractivity contribution < 1.29 is 0 Å². The maximum atomic E-state index is 2.46. The summed E-state index contributed by atoms with van der Waals surface area (Å²) in [5, 5.41) is 0. The number of hydrogen-bond donors (Lipinski definition) is 0. The average molecular weight is 237 g/mol. The van der Waals surface area contributed by atoms with Crippen LogP contribution in [-0.4, -0.2) is 14.5 Å². The quantitative estimate of drug-likeness (QED) is 0.609. The van der Waals surface area contributed by atoms with Crippen molar-refractivity contribution in [3.8, 4) is 0 Å². The molecular weight excluding hydrogens is 223 g/mol. The first-order valence-corrected chi connectivity index (χ1v) is 6.78. The van der Waals surface area contributed by atoms with Crippen molar-refractivity contribution in [1.29, 1.82) is 0 Å². The van der Waals surface area contributed by atoms with Crippen LogP contribution >= 0.6 is 0 Å². The normalized spacial score (nSPS) is 40.8. The van der Waals surface area contributed by atoms with Gasteiger partial charge in [-0.1, -0.05) is 0 Å². The standard InChI is InChI=1S/C12H14Se/c1-11-5-3-10-9(4-8-13-10)12(11,2)7-6-11/h3-5,8H,6-7H2,1-2H3. The molecule has 1 heteroatoms. The molecule has 1 saturated carbocycles. The van der Waals surface area contributed by atoms with Gasteiger partial charge >= 0.3 is 85.2 Å². The van der Waals surface area contributed by atoms with Crippen molar-refractivity contribution in [2.45, 2.75) is 32.1 Å². The van der Waals surface area contributed by atoms with Gasteiger partial charge in [0.25, 0.3) is 0 Å². The predicted molar refractivity (Wildman–Crippen MR) is 57.1 cm³/mol. The molecule has 0 amide bonds. The van der Waals surface area contributed by atoms with Crippen LogP contribution in [0.25, 0.3) is 6.08 Å². The summed E-state index contributed by atoms with van der Waals surface area (Å²) in [6.45, 7) is 4.86. The fourth-order valence-corrected chi connectivity index (χ4v) is 4.69. The van der Waals surface area contributed by atoms with Crippen molar-refractivity contribution in [3.63, 3.8) is 0 Å². The van der Waals surface area contributed by atoms with Gasteiger partial charge in [-0.3, -0.25) is 0 Å². The van der Waals surface area contributed by atoms with E-state index in [0.29, 0.717) is 25.3 Å². The monoisotopic (exact) mass is 238 g/mol. The Hall–Kier alpha value is -0.261. The van der Waals surface area contributed by atoms with E-state index in [1.165, 1.54) is 12.8 Å². The van der Waals surface area contributed by atoms with Crippen LogP contribution < -0.4 is 0 Å². The van der Waals surface area contributed by atoms with Crippen molar-refractivity contribution in [2.24, 2.45) is 5.41 Å². The first-order valence-electron chi connectivity index (χ1n) is 4.93. The third-order valence-electron chi connectivity index (χ3n) is 4.30. The zero-order valence-electron chi connectivity index (χ0n) is 8.13. The van der Waals surface area contributed by atoms with Gasteiger partial charge in [-0.2, -0.15) is 0 Å². The summed E-state index contributed by atoms with van der Waals surface area (Å²) in [5.41, 5.74) is 2.60. The molecule has 0 N–H and O–H groups in total. The molecule has 13 heavy (non-hydrogen) atoms. The summed E-state index contributed by atoms with van der Waals surface area (Å²) < 4.78 is 1.63. The first-order chi connectivity index (χ1) is 6.16. The van der Waals surface area contributed by atoms with Crippen LogP contribution in [0.2, 0.25) is 0 Å². The Bertz CT molecular complexity index is 388. The molecule has 0 saturated heterocycles. The van der Waals surface area contributed by atoms with Crippen molar-refractivity contribution >= 4 is 20.6 Å². The van der Waals surface area contributed by atoms with Crippen LogP contribution in [0.4, 0.5) is 0 Å². The van der Waals surface area contributed by atoms with Crippen LogP contribution in [-0.2, 0) is 5.41 Å². The molecule has 0 nitrogen and oxygen atoms in total. The van der Waals surface area contributed by atoms with Gasteiger partial charge in [0.15, 0.2) is 0 Å². The van der Waals surface area contributed by atoms with Crippen molar-refractivity contribution in [3.05, 3.63) is 27.1 Å². The summed E-state index contributed by atoms with van der Waals surface area (Å²) in [4.78, 5) is 2.37. The average Bonchev–Trinajstić information content (AvgIpc) is 2.57. The van der Waals surface area contributed by atoms with Crippen LogP contribution in [0.1, 0.15) is 36.7 Å². The van der Waals surface area contributed by atoms with Gasteiger partial charge in [0.1, 0.15) is 0 Å². The van der Waals surface area contributed by atoms with Crippen molar-refractivity contribution in [1.82, 2.24) is 0 Å². The van der Waals surface area contributed by atoms with Crippen molar-refractivity contribution in [2.75, 3.05) is 0 Å². The third-order valence-corrected chi connectivity index (χ3v) is 6.15. The molecule has 1 fully saturated rings. The molecule has 1 aromatic heterocycles. The summed E-state index contributed by atoms with van der Waals surface area (Å²) >= 11 is 0.631. The van der Waals surface area contributed by atoms with Crippen LogP contribution in [0, 0.1) is 5.41 Å². The summed E-state index contributed by atoms with van der Waals surface area (Å²) in [6.07, 6.45) is 7.60. The first kappa shape index (κ1) is 8.08. The van der Waals surface area contributed by atoms with Gasteiger partial charge in [0, 0.05) is 0 Å². The molecular formula is C12H14Se. The molecule has 2 unspecified atom stereocenters. The van der Waals surface area contributed by atoms with Gasteiger partial charge in [0.2, 0.25) is 0 Å². The predicted octanol–water partition coefficient (Wildman–Crippen LogP) is 2.83. The van der Waals surface area contributed by atoms with E-state index < -0.39 is 0 Å². The number of hydrogen-bond acceptors (Lipinski definition) is 0. The Morgan fingerprint density at radius 2 is 2.15 bits per heavy atom. The van der Waals surface area contributed by atoms with Gasteiger partial charge in [0.05, 0.1) is 0 Å². The minimum absolute atomic E-state index is 0.469. The molecule has 0 aliphatic heterocycles. The Balaban J connectivity index is 2.25. The zero-order valence-corrected chi connectivity index (χ0v) is 9.84. The van der Waals surface area contributed by atoms with E-state index in [4.69, 9.17) is 0 Å². The maximum absolute atomic E-state index is 2.46. The van der Waals surface area contributed by atoms with E-state index >= 15 is 0 Å². The minimum atomic E-state index is 0.469. The second kappa shape index (κ2) is 2.21. The summed E-state index contributed by atoms with van der Waals surface area (Å²) in [5.74, 6) is 0. The number of rotatable bonds is 0. The van der Waals surface area contributed by atoms with E-state index in [1.54, 1.807) is 10.0 Å². The molecule has 68 valence electrons. The molecule has 3 rings (SSSR count). The van der Waals surface area contributed by atoms with Crippen LogP contribution in [0.15, 0.2) is 17.1 Å². The Kier molecular flexibility index (Phi) is 1.38. The Morgan fingerprint density at radius 1 is 1.31 bits per heavy atom. The van der Waals surface area contributed by atoms with E-state index in [9.17, 15) is 0 Å².